The van der Waals surface area contributed by atoms with Gasteiger partial charge in [0.05, 0.1) is 15.9 Å². The first kappa shape index (κ1) is 28.6. The quantitative estimate of drug-likeness (QED) is 0.185. The topological polar surface area (TPSA) is 38.9 Å². The van der Waals surface area contributed by atoms with Gasteiger partial charge in [0, 0.05) is 37.5 Å². The van der Waals surface area contributed by atoms with Crippen LogP contribution in [0.25, 0.3) is 98.3 Å². The fourth-order valence-electron chi connectivity index (χ4n) is 7.05. The molecule has 0 aliphatic heterocycles. The van der Waals surface area contributed by atoms with E-state index in [9.17, 15) is 0 Å². The van der Waals surface area contributed by atoms with E-state index in [2.05, 4.69) is 133 Å². The summed E-state index contributed by atoms with van der Waals surface area (Å²) in [5.41, 5.74) is 12.8. The van der Waals surface area contributed by atoms with Crippen LogP contribution in [0.5, 0.6) is 0 Å². The minimum atomic E-state index is 0.738. The molecule has 3 nitrogen and oxygen atoms in total. The molecule has 0 unspecified atom stereocenters. The molecule has 0 saturated carbocycles. The van der Waals surface area contributed by atoms with E-state index in [-0.39, 0.29) is 0 Å². The van der Waals surface area contributed by atoms with Crippen molar-refractivity contribution in [3.63, 3.8) is 0 Å². The molecular weight excluding hydrogens is 629 g/mol. The number of thiophene rings is 1. The van der Waals surface area contributed by atoms with Crippen LogP contribution in [0, 0.1) is 0 Å². The summed E-state index contributed by atoms with van der Waals surface area (Å²) in [6, 6.07) is 59.7. The third-order valence-corrected chi connectivity index (χ3v) is 10.7. The van der Waals surface area contributed by atoms with Gasteiger partial charge in [-0.1, -0.05) is 140 Å². The molecule has 0 amide bonds. The molecule has 3 aromatic heterocycles. The normalized spacial score (nSPS) is 11.6. The molecule has 234 valence electrons. The first-order chi connectivity index (χ1) is 24.8. The molecule has 0 radical (unpaired) electrons. The first-order valence-corrected chi connectivity index (χ1v) is 17.6. The standard InChI is InChI=1S/C46H28N2OS/c1-3-12-29(13-4-1)42-45-43(48-46(47-42)30-14-5-2-6-15-30)39-28-34(24-25-41(39)50-45)32-17-9-16-31(26-32)33-18-10-19-35(27-33)36-21-11-22-38-37-20-7-8-23-40(37)49-44(36)38/h1-28H. The Morgan fingerprint density at radius 3 is 1.80 bits per heavy atom. The molecular formula is C46H28N2OS. The van der Waals surface area contributed by atoms with Crippen LogP contribution < -0.4 is 0 Å². The molecule has 0 spiro atoms. The second-order valence-corrected chi connectivity index (χ2v) is 13.6. The molecule has 0 saturated heterocycles. The molecule has 50 heavy (non-hydrogen) atoms. The summed E-state index contributed by atoms with van der Waals surface area (Å²) in [6.45, 7) is 0. The van der Waals surface area contributed by atoms with Gasteiger partial charge >= 0.3 is 0 Å². The van der Waals surface area contributed by atoms with Crippen LogP contribution in [0.2, 0.25) is 0 Å². The summed E-state index contributed by atoms with van der Waals surface area (Å²) >= 11 is 1.76. The Labute approximate surface area is 292 Å². The van der Waals surface area contributed by atoms with Crippen LogP contribution in [0.1, 0.15) is 0 Å². The Balaban J connectivity index is 1.08. The number of para-hydroxylation sites is 2. The highest BCUT2D eigenvalue weighted by molar-refractivity contribution is 7.26. The first-order valence-electron chi connectivity index (χ1n) is 16.7. The van der Waals surface area contributed by atoms with Crippen molar-refractivity contribution in [3.05, 3.63) is 170 Å². The van der Waals surface area contributed by atoms with E-state index in [0.29, 0.717) is 0 Å². The van der Waals surface area contributed by atoms with Crippen molar-refractivity contribution in [2.45, 2.75) is 0 Å². The monoisotopic (exact) mass is 656 g/mol. The van der Waals surface area contributed by atoms with Gasteiger partial charge in [-0.25, -0.2) is 9.97 Å². The molecule has 7 aromatic carbocycles. The number of aromatic nitrogens is 2. The summed E-state index contributed by atoms with van der Waals surface area (Å²) in [7, 11) is 0. The summed E-state index contributed by atoms with van der Waals surface area (Å²) in [5, 5.41) is 3.42. The van der Waals surface area contributed by atoms with E-state index >= 15 is 0 Å². The SMILES string of the molecule is c1ccc(-c2nc(-c3ccccc3)c3sc4ccc(-c5cccc(-c6cccc(-c7cccc8c7oc7ccccc78)c6)c5)cc4c3n2)cc1. The second-order valence-electron chi connectivity index (χ2n) is 12.6. The Hall–Kier alpha value is -6.36. The van der Waals surface area contributed by atoms with Crippen molar-refractivity contribution in [1.82, 2.24) is 9.97 Å². The maximum atomic E-state index is 6.38. The fraction of sp³-hybridized carbons (Fsp3) is 0. The maximum absolute atomic E-state index is 6.38. The number of nitrogens with zero attached hydrogens (tertiary/aromatic N) is 2. The number of fused-ring (bicyclic) bond motifs is 6. The van der Waals surface area contributed by atoms with Crippen molar-refractivity contribution < 1.29 is 4.42 Å². The van der Waals surface area contributed by atoms with Crippen LogP contribution in [0.15, 0.2) is 174 Å². The summed E-state index contributed by atoms with van der Waals surface area (Å²) in [6.07, 6.45) is 0. The average molecular weight is 657 g/mol. The van der Waals surface area contributed by atoms with Crippen molar-refractivity contribution in [2.24, 2.45) is 0 Å². The second kappa shape index (κ2) is 11.7. The Kier molecular flexibility index (Phi) is 6.68. The van der Waals surface area contributed by atoms with Gasteiger partial charge in [0.1, 0.15) is 11.2 Å². The predicted octanol–water partition coefficient (Wildman–Crippen LogP) is 13.1. The number of rotatable bonds is 5. The Morgan fingerprint density at radius 1 is 0.420 bits per heavy atom. The smallest absolute Gasteiger partial charge is 0.160 e. The number of furan rings is 1. The summed E-state index contributed by atoms with van der Waals surface area (Å²) in [5.74, 6) is 0.738. The Morgan fingerprint density at radius 2 is 1.02 bits per heavy atom. The lowest BCUT2D eigenvalue weighted by atomic mass is 9.95. The molecule has 0 N–H and O–H groups in total. The largest absolute Gasteiger partial charge is 0.455 e. The van der Waals surface area contributed by atoms with Crippen molar-refractivity contribution in [2.75, 3.05) is 0 Å². The summed E-state index contributed by atoms with van der Waals surface area (Å²) < 4.78 is 8.68. The number of hydrogen-bond donors (Lipinski definition) is 0. The lowest BCUT2D eigenvalue weighted by Gasteiger charge is -2.09. The maximum Gasteiger partial charge on any atom is 0.160 e. The molecule has 0 atom stereocenters. The highest BCUT2D eigenvalue weighted by Crippen LogP contribution is 2.42. The van der Waals surface area contributed by atoms with Gasteiger partial charge in [-0.2, -0.15) is 0 Å². The van der Waals surface area contributed by atoms with Crippen LogP contribution >= 0.6 is 11.3 Å². The third kappa shape index (κ3) is 4.80. The van der Waals surface area contributed by atoms with E-state index in [1.165, 1.54) is 4.70 Å². The highest BCUT2D eigenvalue weighted by atomic mass is 32.1. The van der Waals surface area contributed by atoms with Crippen LogP contribution in [0.3, 0.4) is 0 Å². The lowest BCUT2D eigenvalue weighted by molar-refractivity contribution is 0.670. The minimum absolute atomic E-state index is 0.738. The van der Waals surface area contributed by atoms with Crippen LogP contribution in [-0.2, 0) is 0 Å². The molecule has 0 aliphatic carbocycles. The summed E-state index contributed by atoms with van der Waals surface area (Å²) in [4.78, 5) is 10.3. The zero-order valence-electron chi connectivity index (χ0n) is 26.9. The lowest BCUT2D eigenvalue weighted by Crippen LogP contribution is -1.93. The minimum Gasteiger partial charge on any atom is -0.455 e. The molecule has 4 heteroatoms. The third-order valence-electron chi connectivity index (χ3n) is 9.50. The van der Waals surface area contributed by atoms with Crippen molar-refractivity contribution in [3.8, 4) is 56.0 Å². The molecule has 0 bridgehead atoms. The van der Waals surface area contributed by atoms with Crippen LogP contribution in [-0.4, -0.2) is 9.97 Å². The van der Waals surface area contributed by atoms with Crippen molar-refractivity contribution >= 4 is 53.6 Å². The average Bonchev–Trinajstić information content (AvgIpc) is 3.76. The molecule has 3 heterocycles. The van der Waals surface area contributed by atoms with Crippen LogP contribution in [0.4, 0.5) is 0 Å². The van der Waals surface area contributed by atoms with Gasteiger partial charge in [-0.15, -0.1) is 11.3 Å². The molecule has 10 aromatic rings. The van der Waals surface area contributed by atoms with E-state index in [1.54, 1.807) is 11.3 Å². The zero-order chi connectivity index (χ0) is 33.0. The van der Waals surface area contributed by atoms with Gasteiger partial charge in [0.25, 0.3) is 0 Å². The molecule has 0 aliphatic rings. The van der Waals surface area contributed by atoms with Gasteiger partial charge in [0.2, 0.25) is 0 Å². The fourth-order valence-corrected chi connectivity index (χ4v) is 8.18. The molecule has 0 fully saturated rings. The van der Waals surface area contributed by atoms with Crippen molar-refractivity contribution in [1.29, 1.82) is 0 Å². The van der Waals surface area contributed by atoms with E-state index in [0.717, 1.165) is 93.6 Å². The zero-order valence-corrected chi connectivity index (χ0v) is 27.7. The molecule has 10 rings (SSSR count). The van der Waals surface area contributed by atoms with E-state index in [1.807, 2.05) is 36.4 Å². The Bertz CT molecular complexity index is 2870. The van der Waals surface area contributed by atoms with E-state index in [4.69, 9.17) is 14.4 Å². The highest BCUT2D eigenvalue weighted by Gasteiger charge is 2.18. The number of benzene rings is 7. The van der Waals surface area contributed by atoms with Gasteiger partial charge in [0.15, 0.2) is 5.82 Å². The van der Waals surface area contributed by atoms with Gasteiger partial charge in [-0.3, -0.25) is 0 Å². The van der Waals surface area contributed by atoms with Gasteiger partial charge < -0.3 is 4.42 Å². The van der Waals surface area contributed by atoms with E-state index < -0.39 is 0 Å². The number of hydrogen-bond acceptors (Lipinski definition) is 4. The predicted molar refractivity (Wildman–Crippen MR) is 209 cm³/mol. The van der Waals surface area contributed by atoms with Gasteiger partial charge in [-0.05, 0) is 58.1 Å².